The lowest BCUT2D eigenvalue weighted by Gasteiger charge is -2.16. The zero-order valence-electron chi connectivity index (χ0n) is 15.2. The molecule has 2 aromatic heterocycles. The van der Waals surface area contributed by atoms with Crippen LogP contribution >= 0.6 is 0 Å². The Hall–Kier alpha value is -3.29. The maximum Gasteiger partial charge on any atom is 0.251 e. The maximum absolute atomic E-state index is 12.0. The minimum absolute atomic E-state index is 0.0901. The normalized spacial score (nSPS) is 28.9. The summed E-state index contributed by atoms with van der Waals surface area (Å²) in [6, 6.07) is 4.20. The number of nitrogens with zero attached hydrogens (tertiary/aromatic N) is 4. The fraction of sp³-hybridized carbons (Fsp3) is 0.350. The van der Waals surface area contributed by atoms with Gasteiger partial charge in [-0.3, -0.25) is 14.6 Å². The zero-order valence-corrected chi connectivity index (χ0v) is 15.2. The van der Waals surface area contributed by atoms with Gasteiger partial charge in [-0.1, -0.05) is 6.07 Å². The van der Waals surface area contributed by atoms with Crippen LogP contribution in [0.5, 0.6) is 0 Å². The highest BCUT2D eigenvalue weighted by Gasteiger charge is 2.91. The van der Waals surface area contributed by atoms with Crippen LogP contribution in [0.4, 0.5) is 5.95 Å². The molecule has 4 atom stereocenters. The van der Waals surface area contributed by atoms with Crippen LogP contribution in [0.25, 0.3) is 6.08 Å². The van der Waals surface area contributed by atoms with Crippen LogP contribution in [0.3, 0.4) is 0 Å². The summed E-state index contributed by atoms with van der Waals surface area (Å²) in [6.07, 6.45) is 10.7. The van der Waals surface area contributed by atoms with Gasteiger partial charge in [-0.25, -0.2) is 9.97 Å². The minimum atomic E-state index is -0.521. The maximum atomic E-state index is 12.0. The number of hydrogen-bond donors (Lipinski definition) is 2. The number of piperidine rings is 1. The molecule has 4 fully saturated rings. The average molecular weight is 376 g/mol. The lowest BCUT2D eigenvalue weighted by molar-refractivity contribution is -0.116. The Morgan fingerprint density at radius 2 is 2.14 bits per heavy atom. The van der Waals surface area contributed by atoms with E-state index in [1.165, 1.54) is 12.4 Å². The van der Waals surface area contributed by atoms with Crippen LogP contribution in [0.1, 0.15) is 22.3 Å². The molecule has 2 bridgehead atoms. The molecule has 2 aromatic rings. The number of carbonyl (C=O) groups is 2. The van der Waals surface area contributed by atoms with E-state index in [9.17, 15) is 9.59 Å². The van der Waals surface area contributed by atoms with Gasteiger partial charge in [-0.15, -0.1) is 0 Å². The van der Waals surface area contributed by atoms with Crippen LogP contribution in [-0.4, -0.2) is 45.9 Å². The first kappa shape index (κ1) is 16.9. The number of rotatable bonds is 7. The number of amides is 2. The summed E-state index contributed by atoms with van der Waals surface area (Å²) >= 11 is 0. The molecule has 8 heteroatoms. The van der Waals surface area contributed by atoms with Crippen LogP contribution in [-0.2, 0) is 4.79 Å². The Balaban J connectivity index is 1.13. The molecule has 3 N–H and O–H groups in total. The highest BCUT2D eigenvalue weighted by molar-refractivity contribution is 5.92. The van der Waals surface area contributed by atoms with E-state index in [-0.39, 0.29) is 5.91 Å². The van der Waals surface area contributed by atoms with Crippen molar-refractivity contribution in [1.29, 1.82) is 0 Å². The lowest BCUT2D eigenvalue weighted by atomic mass is 10.0. The van der Waals surface area contributed by atoms with E-state index in [2.05, 4.69) is 25.2 Å². The number of pyridine rings is 1. The second kappa shape index (κ2) is 6.12. The first-order valence-electron chi connectivity index (χ1n) is 9.36. The van der Waals surface area contributed by atoms with Gasteiger partial charge in [-0.2, -0.15) is 0 Å². The highest BCUT2D eigenvalue weighted by Crippen LogP contribution is 2.87. The molecule has 0 aromatic carbocycles. The number of anilines is 1. The monoisotopic (exact) mass is 376 g/mol. The third-order valence-corrected chi connectivity index (χ3v) is 6.29. The molecule has 2 aliphatic heterocycles. The van der Waals surface area contributed by atoms with Crippen molar-refractivity contribution in [1.82, 2.24) is 20.3 Å². The van der Waals surface area contributed by atoms with Crippen LogP contribution < -0.4 is 16.0 Å². The molecule has 0 spiro atoms. The Kier molecular flexibility index (Phi) is 3.68. The number of primary amides is 1. The van der Waals surface area contributed by atoms with E-state index >= 15 is 0 Å². The minimum Gasteiger partial charge on any atom is -0.366 e. The molecule has 0 radical (unpaired) electrons. The van der Waals surface area contributed by atoms with E-state index in [1.54, 1.807) is 24.5 Å². The molecule has 4 aliphatic rings. The van der Waals surface area contributed by atoms with Crippen molar-refractivity contribution in [3.63, 3.8) is 0 Å². The van der Waals surface area contributed by atoms with Crippen molar-refractivity contribution < 1.29 is 9.59 Å². The number of carbonyl (C=O) groups excluding carboxylic acids is 2. The van der Waals surface area contributed by atoms with Crippen molar-refractivity contribution in [2.45, 2.75) is 12.5 Å². The van der Waals surface area contributed by atoms with Crippen molar-refractivity contribution in [2.75, 3.05) is 18.0 Å². The van der Waals surface area contributed by atoms with Gasteiger partial charge in [0.25, 0.3) is 5.91 Å². The summed E-state index contributed by atoms with van der Waals surface area (Å²) in [5.41, 5.74) is 6.77. The summed E-state index contributed by atoms with van der Waals surface area (Å²) in [5, 5.41) is 2.97. The summed E-state index contributed by atoms with van der Waals surface area (Å²) in [7, 11) is 0. The number of hydrogen-bond acceptors (Lipinski definition) is 6. The summed E-state index contributed by atoms with van der Waals surface area (Å²) in [5.74, 6) is 1.40. The smallest absolute Gasteiger partial charge is 0.251 e. The average Bonchev–Trinajstić information content (AvgIpc) is 3.41. The number of nitrogens with two attached hydrogens (primary N) is 1. The molecule has 2 aliphatic carbocycles. The first-order chi connectivity index (χ1) is 13.6. The molecule has 2 saturated heterocycles. The van der Waals surface area contributed by atoms with Crippen molar-refractivity contribution in [3.05, 3.63) is 54.1 Å². The lowest BCUT2D eigenvalue weighted by Crippen LogP contribution is -2.27. The third-order valence-electron chi connectivity index (χ3n) is 6.29. The van der Waals surface area contributed by atoms with E-state index in [0.717, 1.165) is 18.5 Å². The molecule has 2 amide bonds. The second-order valence-electron chi connectivity index (χ2n) is 7.64. The fourth-order valence-electron chi connectivity index (χ4n) is 4.87. The van der Waals surface area contributed by atoms with Crippen LogP contribution in [0.2, 0.25) is 0 Å². The Labute approximate surface area is 161 Å². The zero-order chi connectivity index (χ0) is 19.3. The highest BCUT2D eigenvalue weighted by atomic mass is 16.1. The standard InChI is InChI=1S/C20H20N6O2/c21-18(28)13-9-24-19(25-10-13)26-11-14-16-17(26)20(14,16)5-7-23-15(27)4-3-12-2-1-6-22-8-12/h1-4,6,8-10,14,16-17H,5,7,11H2,(H2,21,28)(H,23,27)/b4-3+/t14-,16-,17?,20-/m1/s1. The first-order valence-corrected chi connectivity index (χ1v) is 9.36. The Morgan fingerprint density at radius 3 is 2.82 bits per heavy atom. The van der Waals surface area contributed by atoms with E-state index < -0.39 is 5.91 Å². The Morgan fingerprint density at radius 1 is 1.32 bits per heavy atom. The molecule has 6 rings (SSSR count). The third kappa shape index (κ3) is 2.56. The number of fused-ring (bicyclic) bond motifs is 1. The summed E-state index contributed by atoms with van der Waals surface area (Å²) in [4.78, 5) is 38.0. The van der Waals surface area contributed by atoms with E-state index in [0.29, 0.717) is 41.3 Å². The molecule has 2 saturated carbocycles. The van der Waals surface area contributed by atoms with Crippen molar-refractivity contribution >= 4 is 23.8 Å². The molecule has 1 unspecified atom stereocenters. The quantitative estimate of drug-likeness (QED) is 0.685. The predicted molar refractivity (Wildman–Crippen MR) is 102 cm³/mol. The molecule has 4 heterocycles. The predicted octanol–water partition coefficient (Wildman–Crippen LogP) is 0.625. The van der Waals surface area contributed by atoms with E-state index in [4.69, 9.17) is 5.73 Å². The Bertz CT molecular complexity index is 954. The molecular weight excluding hydrogens is 356 g/mol. The largest absolute Gasteiger partial charge is 0.366 e. The molecular formula is C20H20N6O2. The van der Waals surface area contributed by atoms with Gasteiger partial charge in [0.05, 0.1) is 5.56 Å². The van der Waals surface area contributed by atoms with Gasteiger partial charge in [0.15, 0.2) is 0 Å². The van der Waals surface area contributed by atoms with Crippen molar-refractivity contribution in [3.8, 4) is 0 Å². The molecule has 8 nitrogen and oxygen atoms in total. The molecule has 142 valence electrons. The molecule has 28 heavy (non-hydrogen) atoms. The van der Waals surface area contributed by atoms with Crippen LogP contribution in [0.15, 0.2) is 43.0 Å². The van der Waals surface area contributed by atoms with Gasteiger partial charge in [0.2, 0.25) is 11.9 Å². The summed E-state index contributed by atoms with van der Waals surface area (Å²) in [6.45, 7) is 1.61. The number of nitrogens with one attached hydrogen (secondary N) is 1. The summed E-state index contributed by atoms with van der Waals surface area (Å²) < 4.78 is 0. The van der Waals surface area contributed by atoms with Gasteiger partial charge < -0.3 is 16.0 Å². The van der Waals surface area contributed by atoms with Gasteiger partial charge in [-0.05, 0) is 36.0 Å². The second-order valence-corrected chi connectivity index (χ2v) is 7.64. The van der Waals surface area contributed by atoms with E-state index in [1.807, 2.05) is 12.1 Å². The number of aromatic nitrogens is 3. The van der Waals surface area contributed by atoms with Crippen LogP contribution in [0, 0.1) is 17.3 Å². The van der Waals surface area contributed by atoms with Gasteiger partial charge in [0, 0.05) is 55.4 Å². The van der Waals surface area contributed by atoms with Gasteiger partial charge >= 0.3 is 0 Å². The fourth-order valence-corrected chi connectivity index (χ4v) is 4.87. The van der Waals surface area contributed by atoms with Crippen molar-refractivity contribution in [2.24, 2.45) is 23.0 Å². The SMILES string of the molecule is NC(=O)c1cnc(N2C[C@@H]3[C@@H]4C2[C@]34CCNC(=O)/C=C/c2cccnc2)nc1. The van der Waals surface area contributed by atoms with Gasteiger partial charge in [0.1, 0.15) is 0 Å². The topological polar surface area (TPSA) is 114 Å².